The summed E-state index contributed by atoms with van der Waals surface area (Å²) in [6.07, 6.45) is 0. The maximum absolute atomic E-state index is 12.1. The molecule has 0 aliphatic carbocycles. The Bertz CT molecular complexity index is 390. The van der Waals surface area contributed by atoms with Crippen molar-refractivity contribution in [1.29, 1.82) is 0 Å². The fourth-order valence-electron chi connectivity index (χ4n) is 1.54. The zero-order valence-corrected chi connectivity index (χ0v) is 11.4. The van der Waals surface area contributed by atoms with Crippen molar-refractivity contribution in [1.82, 2.24) is 4.90 Å². The number of ether oxygens (including phenoxy) is 2. The first kappa shape index (κ1) is 15.3. The molecular formula is C13H21N3O3. The van der Waals surface area contributed by atoms with Crippen molar-refractivity contribution in [2.75, 3.05) is 51.6 Å². The maximum Gasteiger partial charge on any atom is 0.322 e. The minimum atomic E-state index is -0.195. The summed E-state index contributed by atoms with van der Waals surface area (Å²) in [5, 5.41) is 2.80. The lowest BCUT2D eigenvalue weighted by Crippen LogP contribution is -2.39. The lowest BCUT2D eigenvalue weighted by Gasteiger charge is -2.22. The van der Waals surface area contributed by atoms with Gasteiger partial charge in [-0.3, -0.25) is 0 Å². The molecule has 1 aromatic rings. The van der Waals surface area contributed by atoms with Gasteiger partial charge in [0.25, 0.3) is 0 Å². The van der Waals surface area contributed by atoms with Crippen molar-refractivity contribution in [2.24, 2.45) is 0 Å². The van der Waals surface area contributed by atoms with Crippen LogP contribution in [0.25, 0.3) is 0 Å². The number of rotatable bonds is 7. The van der Waals surface area contributed by atoms with Gasteiger partial charge in [0.2, 0.25) is 0 Å². The van der Waals surface area contributed by atoms with Crippen molar-refractivity contribution in [3.8, 4) is 0 Å². The van der Waals surface area contributed by atoms with Gasteiger partial charge in [0.05, 0.1) is 13.2 Å². The van der Waals surface area contributed by atoms with Crippen LogP contribution in [0.1, 0.15) is 0 Å². The Labute approximate surface area is 113 Å². The van der Waals surface area contributed by atoms with E-state index in [9.17, 15) is 4.79 Å². The summed E-state index contributed by atoms with van der Waals surface area (Å²) in [5.74, 6) is 0. The Hall–Kier alpha value is -1.79. The SMILES string of the molecule is COCCN(CCOC)C(=O)Nc1cccc(N)c1. The number of nitrogens with two attached hydrogens (primary N) is 1. The third kappa shape index (κ3) is 5.58. The smallest absolute Gasteiger partial charge is 0.322 e. The number of hydrogen-bond acceptors (Lipinski definition) is 4. The molecule has 19 heavy (non-hydrogen) atoms. The monoisotopic (exact) mass is 267 g/mol. The van der Waals surface area contributed by atoms with Gasteiger partial charge in [-0.25, -0.2) is 4.79 Å². The highest BCUT2D eigenvalue weighted by molar-refractivity contribution is 5.89. The molecule has 0 atom stereocenters. The van der Waals surface area contributed by atoms with Crippen LogP contribution in [0.2, 0.25) is 0 Å². The van der Waals surface area contributed by atoms with Crippen LogP contribution in [0.5, 0.6) is 0 Å². The van der Waals surface area contributed by atoms with Gasteiger partial charge in [0.15, 0.2) is 0 Å². The second kappa shape index (κ2) is 8.34. The van der Waals surface area contributed by atoms with E-state index in [1.807, 2.05) is 0 Å². The van der Waals surface area contributed by atoms with Crippen molar-refractivity contribution >= 4 is 17.4 Å². The Balaban J connectivity index is 2.59. The van der Waals surface area contributed by atoms with Gasteiger partial charge >= 0.3 is 6.03 Å². The molecule has 3 N–H and O–H groups in total. The summed E-state index contributed by atoms with van der Waals surface area (Å²) in [6, 6.07) is 6.87. The van der Waals surface area contributed by atoms with E-state index in [1.165, 1.54) is 0 Å². The number of carbonyl (C=O) groups excluding carboxylic acids is 1. The number of carbonyl (C=O) groups is 1. The average Bonchev–Trinajstić information content (AvgIpc) is 2.38. The van der Waals surface area contributed by atoms with Crippen LogP contribution in [0.4, 0.5) is 16.2 Å². The van der Waals surface area contributed by atoms with Crippen LogP contribution >= 0.6 is 0 Å². The Kier molecular flexibility index (Phi) is 6.70. The first-order valence-electron chi connectivity index (χ1n) is 6.06. The highest BCUT2D eigenvalue weighted by Gasteiger charge is 2.13. The van der Waals surface area contributed by atoms with E-state index in [1.54, 1.807) is 43.4 Å². The molecule has 0 saturated heterocycles. The summed E-state index contributed by atoms with van der Waals surface area (Å²) in [4.78, 5) is 13.7. The molecular weight excluding hydrogens is 246 g/mol. The Morgan fingerprint density at radius 1 is 1.26 bits per heavy atom. The van der Waals surface area contributed by atoms with E-state index < -0.39 is 0 Å². The maximum atomic E-state index is 12.1. The molecule has 0 bridgehead atoms. The molecule has 0 aliphatic rings. The fourth-order valence-corrected chi connectivity index (χ4v) is 1.54. The highest BCUT2D eigenvalue weighted by Crippen LogP contribution is 2.12. The molecule has 106 valence electrons. The van der Waals surface area contributed by atoms with E-state index in [0.717, 1.165) is 0 Å². The number of benzene rings is 1. The van der Waals surface area contributed by atoms with Crippen LogP contribution in [-0.2, 0) is 9.47 Å². The molecule has 0 saturated carbocycles. The van der Waals surface area contributed by atoms with Crippen molar-refractivity contribution in [3.63, 3.8) is 0 Å². The zero-order chi connectivity index (χ0) is 14.1. The minimum absolute atomic E-state index is 0.195. The standard InChI is InChI=1S/C13H21N3O3/c1-18-8-6-16(7-9-19-2)13(17)15-12-5-3-4-11(14)10-12/h3-5,10H,6-9,14H2,1-2H3,(H,15,17). The van der Waals surface area contributed by atoms with Gasteiger partial charge in [-0.05, 0) is 18.2 Å². The molecule has 6 nitrogen and oxygen atoms in total. The molecule has 1 aromatic carbocycles. The summed E-state index contributed by atoms with van der Waals surface area (Å²) >= 11 is 0. The molecule has 6 heteroatoms. The Morgan fingerprint density at radius 3 is 2.42 bits per heavy atom. The summed E-state index contributed by atoms with van der Waals surface area (Å²) < 4.78 is 9.98. The molecule has 0 radical (unpaired) electrons. The van der Waals surface area contributed by atoms with E-state index in [-0.39, 0.29) is 6.03 Å². The number of nitrogens with one attached hydrogen (secondary N) is 1. The third-order valence-corrected chi connectivity index (χ3v) is 2.56. The first-order chi connectivity index (χ1) is 9.17. The molecule has 1 rings (SSSR count). The summed E-state index contributed by atoms with van der Waals surface area (Å²) in [5.41, 5.74) is 6.95. The molecule has 0 fully saturated rings. The van der Waals surface area contributed by atoms with Crippen molar-refractivity contribution < 1.29 is 14.3 Å². The number of hydrogen-bond donors (Lipinski definition) is 2. The topological polar surface area (TPSA) is 76.8 Å². The van der Waals surface area contributed by atoms with E-state index >= 15 is 0 Å². The molecule has 0 aliphatic heterocycles. The number of nitrogens with zero attached hydrogens (tertiary/aromatic N) is 1. The van der Waals surface area contributed by atoms with Gasteiger partial charge in [-0.15, -0.1) is 0 Å². The first-order valence-corrected chi connectivity index (χ1v) is 6.06. The van der Waals surface area contributed by atoms with Gasteiger partial charge < -0.3 is 25.4 Å². The second-order valence-electron chi connectivity index (χ2n) is 4.03. The van der Waals surface area contributed by atoms with Crippen LogP contribution < -0.4 is 11.1 Å². The normalized spacial score (nSPS) is 10.2. The quantitative estimate of drug-likeness (QED) is 0.732. The van der Waals surface area contributed by atoms with E-state index in [4.69, 9.17) is 15.2 Å². The second-order valence-corrected chi connectivity index (χ2v) is 4.03. The summed E-state index contributed by atoms with van der Waals surface area (Å²) in [6.45, 7) is 1.98. The minimum Gasteiger partial charge on any atom is -0.399 e. The average molecular weight is 267 g/mol. The van der Waals surface area contributed by atoms with Crippen LogP contribution in [0.3, 0.4) is 0 Å². The van der Waals surface area contributed by atoms with Gasteiger partial charge in [-0.1, -0.05) is 6.07 Å². The zero-order valence-electron chi connectivity index (χ0n) is 11.4. The van der Waals surface area contributed by atoms with Crippen LogP contribution in [0, 0.1) is 0 Å². The lowest BCUT2D eigenvalue weighted by molar-refractivity contribution is 0.127. The number of nitrogen functional groups attached to an aromatic ring is 1. The summed E-state index contributed by atoms with van der Waals surface area (Å²) in [7, 11) is 3.20. The van der Waals surface area contributed by atoms with E-state index in [2.05, 4.69) is 5.32 Å². The number of amides is 2. The number of urea groups is 1. The molecule has 0 unspecified atom stereocenters. The predicted molar refractivity (Wildman–Crippen MR) is 75.2 cm³/mol. The van der Waals surface area contributed by atoms with Crippen LogP contribution in [0.15, 0.2) is 24.3 Å². The third-order valence-electron chi connectivity index (χ3n) is 2.56. The molecule has 0 heterocycles. The van der Waals surface area contributed by atoms with Gasteiger partial charge in [0.1, 0.15) is 0 Å². The van der Waals surface area contributed by atoms with E-state index in [0.29, 0.717) is 37.7 Å². The van der Waals surface area contributed by atoms with Gasteiger partial charge in [0, 0.05) is 38.7 Å². The van der Waals surface area contributed by atoms with Crippen molar-refractivity contribution in [3.05, 3.63) is 24.3 Å². The van der Waals surface area contributed by atoms with Gasteiger partial charge in [-0.2, -0.15) is 0 Å². The molecule has 0 spiro atoms. The highest BCUT2D eigenvalue weighted by atomic mass is 16.5. The molecule has 0 aromatic heterocycles. The fraction of sp³-hybridized carbons (Fsp3) is 0.462. The largest absolute Gasteiger partial charge is 0.399 e. The molecule has 2 amide bonds. The van der Waals surface area contributed by atoms with Crippen molar-refractivity contribution in [2.45, 2.75) is 0 Å². The lowest BCUT2D eigenvalue weighted by atomic mass is 10.3. The predicted octanol–water partition coefficient (Wildman–Crippen LogP) is 1.40. The number of methoxy groups -OCH3 is 2. The Morgan fingerprint density at radius 2 is 1.89 bits per heavy atom. The number of anilines is 2. The van der Waals surface area contributed by atoms with Crippen LogP contribution in [-0.4, -0.2) is 51.5 Å².